The molecule has 0 bridgehead atoms. The first-order chi connectivity index (χ1) is 9.90. The van der Waals surface area contributed by atoms with Crippen molar-refractivity contribution < 1.29 is 28.9 Å². The molecular formula is C15H20FNO5. The topological polar surface area (TPSA) is 95.9 Å². The van der Waals surface area contributed by atoms with E-state index in [-0.39, 0.29) is 17.7 Å². The van der Waals surface area contributed by atoms with Gasteiger partial charge in [-0.3, -0.25) is 5.32 Å². The molecule has 22 heavy (non-hydrogen) atoms. The largest absolute Gasteiger partial charge is 0.479 e. The third-order valence-electron chi connectivity index (χ3n) is 2.69. The Morgan fingerprint density at radius 2 is 1.86 bits per heavy atom. The molecule has 0 radical (unpaired) electrons. The standard InChI is InChI=1S/C15H20FNO5/c1-14(2,3)22-13(20)17-10-6-5-9(11(16)7-10)8-15(4,21)12(18)19/h5-7,21H,8H2,1-4H3,(H,17,20)(H,18,19). The van der Waals surface area contributed by atoms with Gasteiger partial charge in [0.15, 0.2) is 5.60 Å². The lowest BCUT2D eigenvalue weighted by atomic mass is 9.96. The summed E-state index contributed by atoms with van der Waals surface area (Å²) < 4.78 is 19.0. The van der Waals surface area contributed by atoms with Crippen LogP contribution >= 0.6 is 0 Å². The van der Waals surface area contributed by atoms with Gasteiger partial charge in [0.2, 0.25) is 0 Å². The summed E-state index contributed by atoms with van der Waals surface area (Å²) in [5.41, 5.74) is -2.54. The molecule has 0 aromatic heterocycles. The van der Waals surface area contributed by atoms with Crippen LogP contribution in [0.15, 0.2) is 18.2 Å². The number of carboxylic acids is 1. The Bertz CT molecular complexity index is 578. The van der Waals surface area contributed by atoms with E-state index >= 15 is 0 Å². The molecule has 122 valence electrons. The normalized spacial score (nSPS) is 14.1. The average Bonchev–Trinajstić information content (AvgIpc) is 2.29. The number of carbonyl (C=O) groups excluding carboxylic acids is 1. The number of benzene rings is 1. The second-order valence-electron chi connectivity index (χ2n) is 6.19. The van der Waals surface area contributed by atoms with Crippen LogP contribution in [0.5, 0.6) is 0 Å². The van der Waals surface area contributed by atoms with Crippen molar-refractivity contribution >= 4 is 17.7 Å². The molecule has 1 aromatic rings. The molecule has 0 saturated carbocycles. The summed E-state index contributed by atoms with van der Waals surface area (Å²) in [7, 11) is 0. The van der Waals surface area contributed by atoms with E-state index < -0.39 is 29.1 Å². The minimum Gasteiger partial charge on any atom is -0.479 e. The van der Waals surface area contributed by atoms with Crippen molar-refractivity contribution in [1.82, 2.24) is 0 Å². The maximum Gasteiger partial charge on any atom is 0.412 e. The highest BCUT2D eigenvalue weighted by Crippen LogP contribution is 2.20. The lowest BCUT2D eigenvalue weighted by Gasteiger charge is -2.20. The summed E-state index contributed by atoms with van der Waals surface area (Å²) >= 11 is 0. The number of aliphatic hydroxyl groups is 1. The van der Waals surface area contributed by atoms with Gasteiger partial charge in [0.25, 0.3) is 0 Å². The van der Waals surface area contributed by atoms with Crippen LogP contribution in [0.2, 0.25) is 0 Å². The summed E-state index contributed by atoms with van der Waals surface area (Å²) in [5, 5.41) is 20.9. The van der Waals surface area contributed by atoms with Crippen LogP contribution in [0.1, 0.15) is 33.3 Å². The molecule has 0 spiro atoms. The highest BCUT2D eigenvalue weighted by atomic mass is 19.1. The third-order valence-corrected chi connectivity index (χ3v) is 2.69. The fourth-order valence-electron chi connectivity index (χ4n) is 1.64. The summed E-state index contributed by atoms with van der Waals surface area (Å²) in [6.45, 7) is 6.18. The van der Waals surface area contributed by atoms with Gasteiger partial charge in [-0.25, -0.2) is 14.0 Å². The van der Waals surface area contributed by atoms with Crippen molar-refractivity contribution in [2.75, 3.05) is 5.32 Å². The van der Waals surface area contributed by atoms with Crippen LogP contribution in [0, 0.1) is 5.82 Å². The van der Waals surface area contributed by atoms with Crippen LogP contribution in [0.25, 0.3) is 0 Å². The number of nitrogens with one attached hydrogen (secondary N) is 1. The number of carbonyl (C=O) groups is 2. The van der Waals surface area contributed by atoms with Gasteiger partial charge >= 0.3 is 12.1 Å². The zero-order valence-electron chi connectivity index (χ0n) is 12.9. The molecule has 1 aromatic carbocycles. The maximum absolute atomic E-state index is 13.9. The quantitative estimate of drug-likeness (QED) is 0.794. The molecule has 7 heteroatoms. The van der Waals surface area contributed by atoms with Crippen molar-refractivity contribution in [3.63, 3.8) is 0 Å². The predicted molar refractivity (Wildman–Crippen MR) is 78.2 cm³/mol. The Morgan fingerprint density at radius 3 is 2.32 bits per heavy atom. The molecule has 6 nitrogen and oxygen atoms in total. The van der Waals surface area contributed by atoms with Crippen molar-refractivity contribution in [2.45, 2.75) is 45.3 Å². The maximum atomic E-state index is 13.9. The molecule has 3 N–H and O–H groups in total. The molecule has 0 aliphatic heterocycles. The number of halogens is 1. The Morgan fingerprint density at radius 1 is 1.27 bits per heavy atom. The van der Waals surface area contributed by atoms with Crippen molar-refractivity contribution in [2.24, 2.45) is 0 Å². The zero-order chi connectivity index (χ0) is 17.1. The van der Waals surface area contributed by atoms with E-state index in [1.165, 1.54) is 12.1 Å². The van der Waals surface area contributed by atoms with E-state index in [1.807, 2.05) is 0 Å². The molecule has 1 atom stereocenters. The molecule has 0 saturated heterocycles. The lowest BCUT2D eigenvalue weighted by molar-refractivity contribution is -0.156. The predicted octanol–water partition coefficient (Wildman–Crippen LogP) is 2.55. The van der Waals surface area contributed by atoms with Crippen molar-refractivity contribution in [1.29, 1.82) is 0 Å². The molecule has 0 aliphatic rings. The second kappa shape index (κ2) is 6.31. The molecule has 1 amide bonds. The molecule has 0 heterocycles. The van der Waals surface area contributed by atoms with Gasteiger partial charge in [-0.15, -0.1) is 0 Å². The fourth-order valence-corrected chi connectivity index (χ4v) is 1.64. The number of carboxylic acid groups (broad SMARTS) is 1. The minimum atomic E-state index is -2.07. The van der Waals surface area contributed by atoms with Crippen LogP contribution in [-0.2, 0) is 16.0 Å². The number of ether oxygens (including phenoxy) is 1. The van der Waals surface area contributed by atoms with Gasteiger partial charge in [-0.2, -0.15) is 0 Å². The number of rotatable bonds is 4. The van der Waals surface area contributed by atoms with Gasteiger partial charge in [-0.1, -0.05) is 6.07 Å². The van der Waals surface area contributed by atoms with Crippen LogP contribution < -0.4 is 5.32 Å². The minimum absolute atomic E-state index is 0.0298. The molecule has 0 aliphatic carbocycles. The fraction of sp³-hybridized carbons (Fsp3) is 0.467. The summed E-state index contributed by atoms with van der Waals surface area (Å²) in [6, 6.07) is 3.75. The van der Waals surface area contributed by atoms with Crippen LogP contribution in [-0.4, -0.2) is 33.5 Å². The van der Waals surface area contributed by atoms with E-state index in [9.17, 15) is 19.1 Å². The third kappa shape index (κ3) is 5.33. The first kappa shape index (κ1) is 17.9. The number of aliphatic carboxylic acids is 1. The van der Waals surface area contributed by atoms with Crippen LogP contribution in [0.4, 0.5) is 14.9 Å². The Kier molecular flexibility index (Phi) is 5.13. The number of amides is 1. The zero-order valence-corrected chi connectivity index (χ0v) is 12.9. The first-order valence-electron chi connectivity index (χ1n) is 6.65. The molecule has 1 unspecified atom stereocenters. The average molecular weight is 313 g/mol. The summed E-state index contributed by atoms with van der Waals surface area (Å²) in [5.74, 6) is -2.17. The smallest absolute Gasteiger partial charge is 0.412 e. The summed E-state index contributed by atoms with van der Waals surface area (Å²) in [6.07, 6.45) is -1.11. The monoisotopic (exact) mass is 313 g/mol. The van der Waals surface area contributed by atoms with E-state index in [4.69, 9.17) is 9.84 Å². The van der Waals surface area contributed by atoms with E-state index in [2.05, 4.69) is 5.32 Å². The number of anilines is 1. The Balaban J connectivity index is 2.82. The van der Waals surface area contributed by atoms with Gasteiger partial charge in [0.1, 0.15) is 11.4 Å². The SMILES string of the molecule is CC(C)(C)OC(=O)Nc1ccc(CC(C)(O)C(=O)O)c(F)c1. The highest BCUT2D eigenvalue weighted by Gasteiger charge is 2.31. The van der Waals surface area contributed by atoms with Gasteiger partial charge in [-0.05, 0) is 45.4 Å². The second-order valence-corrected chi connectivity index (χ2v) is 6.19. The van der Waals surface area contributed by atoms with Crippen molar-refractivity contribution in [3.05, 3.63) is 29.6 Å². The lowest BCUT2D eigenvalue weighted by Crippen LogP contribution is -2.37. The number of hydrogen-bond acceptors (Lipinski definition) is 4. The first-order valence-corrected chi connectivity index (χ1v) is 6.65. The van der Waals surface area contributed by atoms with E-state index in [1.54, 1.807) is 20.8 Å². The number of hydrogen-bond donors (Lipinski definition) is 3. The van der Waals surface area contributed by atoms with Gasteiger partial charge in [0, 0.05) is 12.1 Å². The highest BCUT2D eigenvalue weighted by molar-refractivity contribution is 5.85. The molecule has 0 fully saturated rings. The van der Waals surface area contributed by atoms with E-state index in [0.29, 0.717) is 0 Å². The Labute approximate surface area is 127 Å². The van der Waals surface area contributed by atoms with Crippen molar-refractivity contribution in [3.8, 4) is 0 Å². The Hall–Kier alpha value is -2.15. The molecule has 1 rings (SSSR count). The van der Waals surface area contributed by atoms with E-state index in [0.717, 1.165) is 13.0 Å². The van der Waals surface area contributed by atoms with Gasteiger partial charge < -0.3 is 14.9 Å². The van der Waals surface area contributed by atoms with Crippen LogP contribution in [0.3, 0.4) is 0 Å². The summed E-state index contributed by atoms with van der Waals surface area (Å²) in [4.78, 5) is 22.4. The van der Waals surface area contributed by atoms with Gasteiger partial charge in [0.05, 0.1) is 0 Å². The molecular weight excluding hydrogens is 293 g/mol.